The molecular weight excluding hydrogens is 392 g/mol. The van der Waals surface area contributed by atoms with Crippen molar-refractivity contribution in [3.05, 3.63) is 24.0 Å². The first-order chi connectivity index (χ1) is 12.3. The molecule has 1 unspecified atom stereocenters. The molecule has 1 aromatic rings. The van der Waals surface area contributed by atoms with Crippen LogP contribution in [0, 0.1) is 0 Å². The van der Waals surface area contributed by atoms with Gasteiger partial charge in [-0.05, 0) is 63.2 Å². The Labute approximate surface area is 175 Å². The van der Waals surface area contributed by atoms with Crippen molar-refractivity contribution < 1.29 is 8.98 Å². The minimum atomic E-state index is -1.80. The number of nitrogens with zero attached hydrogens (tertiary/aromatic N) is 1. The van der Waals surface area contributed by atoms with E-state index < -0.39 is 19.7 Å². The first-order valence-corrected chi connectivity index (χ1v) is 14.7. The summed E-state index contributed by atoms with van der Waals surface area (Å²) < 4.78 is 22.0. The molecule has 4 nitrogen and oxygen atoms in total. The predicted octanol–water partition coefficient (Wildman–Crippen LogP) is 5.70. The van der Waals surface area contributed by atoms with Gasteiger partial charge in [0.25, 0.3) is 0 Å². The van der Waals surface area contributed by atoms with Gasteiger partial charge < -0.3 is 8.98 Å². The van der Waals surface area contributed by atoms with Gasteiger partial charge >= 0.3 is 0 Å². The zero-order valence-electron chi connectivity index (χ0n) is 18.5. The largest absolute Gasteiger partial charge is 0.598 e. The van der Waals surface area contributed by atoms with E-state index in [1.54, 1.807) is 11.8 Å². The van der Waals surface area contributed by atoms with E-state index in [4.69, 9.17) is 4.43 Å². The number of nitrogens with one attached hydrogen (secondary N) is 1. The molecule has 1 rings (SSSR count). The summed E-state index contributed by atoms with van der Waals surface area (Å²) in [6, 6.07) is 4.05. The topological polar surface area (TPSA) is 57.2 Å². The van der Waals surface area contributed by atoms with Gasteiger partial charge in [-0.1, -0.05) is 27.7 Å². The molecule has 2 atom stereocenters. The fraction of sp³-hybridized carbons (Fsp3) is 0.750. The van der Waals surface area contributed by atoms with Crippen LogP contribution in [0.3, 0.4) is 0 Å². The van der Waals surface area contributed by atoms with Crippen LogP contribution in [0.4, 0.5) is 0 Å². The predicted molar refractivity (Wildman–Crippen MR) is 122 cm³/mol. The molecule has 0 saturated heterocycles. The van der Waals surface area contributed by atoms with Crippen LogP contribution in [0.2, 0.25) is 18.1 Å². The SMILES string of the molecule is CCSc1ccc([C@@H](CCO[Si](C)(C)C(C)(C)C)N[S+]([O-])C(C)(C)C)nc1. The minimum Gasteiger partial charge on any atom is -0.598 e. The Morgan fingerprint density at radius 1 is 1.22 bits per heavy atom. The molecule has 0 aliphatic heterocycles. The van der Waals surface area contributed by atoms with E-state index in [-0.39, 0.29) is 15.8 Å². The summed E-state index contributed by atoms with van der Waals surface area (Å²) in [5.41, 5.74) is 0.923. The lowest BCUT2D eigenvalue weighted by molar-refractivity contribution is 0.267. The van der Waals surface area contributed by atoms with Gasteiger partial charge in [0.15, 0.2) is 8.32 Å². The van der Waals surface area contributed by atoms with Gasteiger partial charge in [-0.2, -0.15) is 0 Å². The van der Waals surface area contributed by atoms with Crippen molar-refractivity contribution in [2.45, 2.75) is 88.7 Å². The number of pyridine rings is 1. The van der Waals surface area contributed by atoms with Gasteiger partial charge in [-0.3, -0.25) is 4.98 Å². The number of rotatable bonds is 9. The average Bonchev–Trinajstić information content (AvgIpc) is 2.52. The van der Waals surface area contributed by atoms with Gasteiger partial charge in [-0.25, -0.2) is 0 Å². The van der Waals surface area contributed by atoms with Crippen molar-refractivity contribution in [1.29, 1.82) is 0 Å². The second-order valence-corrected chi connectivity index (χ2v) is 17.4. The monoisotopic (exact) mass is 430 g/mol. The van der Waals surface area contributed by atoms with Gasteiger partial charge in [0.1, 0.15) is 4.75 Å². The Kier molecular flexibility index (Phi) is 9.36. The highest BCUT2D eigenvalue weighted by molar-refractivity contribution is 7.99. The number of hydrogen-bond donors (Lipinski definition) is 1. The highest BCUT2D eigenvalue weighted by Gasteiger charge is 2.37. The molecule has 156 valence electrons. The summed E-state index contributed by atoms with van der Waals surface area (Å²) in [5, 5.41) is 0.182. The summed E-state index contributed by atoms with van der Waals surface area (Å²) in [6.45, 7) is 20.0. The molecule has 0 saturated carbocycles. The molecule has 0 spiro atoms. The molecule has 0 amide bonds. The van der Waals surface area contributed by atoms with Crippen molar-refractivity contribution in [2.75, 3.05) is 12.4 Å². The van der Waals surface area contributed by atoms with Gasteiger partial charge in [0, 0.05) is 29.1 Å². The zero-order valence-corrected chi connectivity index (χ0v) is 21.1. The van der Waals surface area contributed by atoms with E-state index in [9.17, 15) is 4.55 Å². The maximum Gasteiger partial charge on any atom is 0.191 e. The van der Waals surface area contributed by atoms with E-state index in [0.29, 0.717) is 6.61 Å². The van der Waals surface area contributed by atoms with Crippen molar-refractivity contribution in [3.63, 3.8) is 0 Å². The van der Waals surface area contributed by atoms with Crippen LogP contribution >= 0.6 is 11.8 Å². The van der Waals surface area contributed by atoms with Crippen molar-refractivity contribution in [2.24, 2.45) is 0 Å². The van der Waals surface area contributed by atoms with Crippen molar-refractivity contribution >= 4 is 31.4 Å². The van der Waals surface area contributed by atoms with Crippen LogP contribution in [0.1, 0.15) is 66.6 Å². The Morgan fingerprint density at radius 2 is 1.85 bits per heavy atom. The van der Waals surface area contributed by atoms with Crippen LogP contribution in [-0.4, -0.2) is 35.0 Å². The van der Waals surface area contributed by atoms with Crippen LogP contribution in [0.15, 0.2) is 23.2 Å². The van der Waals surface area contributed by atoms with Crippen molar-refractivity contribution in [3.8, 4) is 0 Å². The fourth-order valence-electron chi connectivity index (χ4n) is 2.07. The molecule has 0 fully saturated rings. The lowest BCUT2D eigenvalue weighted by atomic mass is 10.1. The smallest absolute Gasteiger partial charge is 0.191 e. The number of aromatic nitrogens is 1. The molecule has 0 aliphatic rings. The summed E-state index contributed by atoms with van der Waals surface area (Å²) >= 11 is 0.618. The Balaban J connectivity index is 2.88. The zero-order chi connectivity index (χ0) is 20.9. The lowest BCUT2D eigenvalue weighted by Crippen LogP contribution is -2.43. The first kappa shape index (κ1) is 25.0. The number of hydrogen-bond acceptors (Lipinski definition) is 5. The van der Waals surface area contributed by atoms with Crippen molar-refractivity contribution in [1.82, 2.24) is 9.71 Å². The second kappa shape index (κ2) is 10.1. The highest BCUT2D eigenvalue weighted by Crippen LogP contribution is 2.37. The first-order valence-electron chi connectivity index (χ1n) is 9.68. The third-order valence-corrected chi connectivity index (χ3v) is 11.9. The van der Waals surface area contributed by atoms with Crippen LogP contribution in [0.5, 0.6) is 0 Å². The molecule has 1 heterocycles. The lowest BCUT2D eigenvalue weighted by Gasteiger charge is -2.36. The highest BCUT2D eigenvalue weighted by atomic mass is 32.2. The van der Waals surface area contributed by atoms with E-state index in [2.05, 4.69) is 56.6 Å². The normalized spacial score (nSPS) is 15.6. The van der Waals surface area contributed by atoms with E-state index in [1.807, 2.05) is 33.0 Å². The van der Waals surface area contributed by atoms with Gasteiger partial charge in [0.2, 0.25) is 0 Å². The van der Waals surface area contributed by atoms with Gasteiger partial charge in [-0.15, -0.1) is 16.5 Å². The molecule has 1 N–H and O–H groups in total. The fourth-order valence-corrected chi connectivity index (χ4v) is 4.61. The molecule has 0 radical (unpaired) electrons. The summed E-state index contributed by atoms with van der Waals surface area (Å²) in [5.74, 6) is 1.02. The Hall–Kier alpha value is -0.0531. The van der Waals surface area contributed by atoms with Gasteiger partial charge in [0.05, 0.1) is 11.7 Å². The average molecular weight is 431 g/mol. The standard InChI is InChI=1S/C20H38N2O2S2Si/c1-10-25-16-11-12-17(21-15-16)18(22-26(23)19(2,3)4)13-14-24-27(8,9)20(5,6)7/h11-12,15,18,22H,10,13-14H2,1-9H3/t18-,26?/m1/s1. The van der Waals surface area contributed by atoms with E-state index in [0.717, 1.165) is 22.8 Å². The molecule has 0 aliphatic carbocycles. The quantitative estimate of drug-likeness (QED) is 0.309. The molecule has 1 aromatic heterocycles. The van der Waals surface area contributed by atoms with E-state index >= 15 is 0 Å². The maximum absolute atomic E-state index is 12.7. The Morgan fingerprint density at radius 3 is 2.30 bits per heavy atom. The Bertz CT molecular complexity index is 569. The van der Waals surface area contributed by atoms with Crippen LogP contribution in [-0.2, 0) is 15.8 Å². The third-order valence-electron chi connectivity index (χ3n) is 4.91. The summed E-state index contributed by atoms with van der Waals surface area (Å²) in [7, 11) is -1.80. The maximum atomic E-state index is 12.7. The summed E-state index contributed by atoms with van der Waals surface area (Å²) in [6.07, 6.45) is 2.66. The van der Waals surface area contributed by atoms with E-state index in [1.165, 1.54) is 0 Å². The third kappa shape index (κ3) is 8.07. The minimum absolute atomic E-state index is 0.0875. The van der Waals surface area contributed by atoms with Crippen LogP contribution < -0.4 is 4.72 Å². The molecule has 27 heavy (non-hydrogen) atoms. The number of thioether (sulfide) groups is 1. The molecule has 7 heteroatoms. The second-order valence-electron chi connectivity index (χ2n) is 9.30. The summed E-state index contributed by atoms with van der Waals surface area (Å²) in [4.78, 5) is 5.80. The van der Waals surface area contributed by atoms with Crippen LogP contribution in [0.25, 0.3) is 0 Å². The molecule has 0 aromatic carbocycles. The molecule has 0 bridgehead atoms. The molecular formula is C20H38N2O2S2Si.